The smallest absolute Gasteiger partial charge is 0.234 e. The highest BCUT2D eigenvalue weighted by atomic mass is 16.5. The minimum Gasteiger partial charge on any atom is -0.496 e. The Hall–Kier alpha value is -1.59. The first kappa shape index (κ1) is 20.2. The van der Waals surface area contributed by atoms with Crippen LogP contribution in [0.15, 0.2) is 24.3 Å². The number of para-hydroxylation sites is 1. The van der Waals surface area contributed by atoms with Gasteiger partial charge in [-0.3, -0.25) is 9.69 Å². The molecule has 1 aromatic carbocycles. The Bertz CT molecular complexity index is 636. The number of hydrogen-bond acceptors (Lipinski definition) is 4. The first-order valence-electron chi connectivity index (χ1n) is 10.4. The third-order valence-electron chi connectivity index (χ3n) is 6.33. The normalized spacial score (nSPS) is 28.4. The molecule has 1 saturated carbocycles. The van der Waals surface area contributed by atoms with Crippen molar-refractivity contribution in [3.8, 4) is 5.75 Å². The molecule has 0 bridgehead atoms. The van der Waals surface area contributed by atoms with Gasteiger partial charge in [-0.2, -0.15) is 0 Å². The van der Waals surface area contributed by atoms with E-state index in [0.29, 0.717) is 6.54 Å². The summed E-state index contributed by atoms with van der Waals surface area (Å²) in [6.45, 7) is 3.96. The lowest BCUT2D eigenvalue weighted by Crippen LogP contribution is -2.56. The molecule has 0 unspecified atom stereocenters. The van der Waals surface area contributed by atoms with E-state index in [1.54, 1.807) is 7.11 Å². The summed E-state index contributed by atoms with van der Waals surface area (Å²) < 4.78 is 5.64. The summed E-state index contributed by atoms with van der Waals surface area (Å²) in [5.74, 6) is 1.05. The van der Waals surface area contributed by atoms with Crippen molar-refractivity contribution in [3.05, 3.63) is 29.8 Å². The second kappa shape index (κ2) is 9.07. The highest BCUT2D eigenvalue weighted by Crippen LogP contribution is 2.50. The number of methoxy groups -OCH3 is 1. The minimum atomic E-state index is -0.626. The molecule has 27 heavy (non-hydrogen) atoms. The summed E-state index contributed by atoms with van der Waals surface area (Å²) in [6, 6.07) is 8.07. The number of aliphatic hydroxyl groups is 1. The third-order valence-corrected chi connectivity index (χ3v) is 6.33. The van der Waals surface area contributed by atoms with Gasteiger partial charge in [0.05, 0.1) is 19.3 Å². The van der Waals surface area contributed by atoms with Gasteiger partial charge in [-0.05, 0) is 31.7 Å². The highest BCUT2D eigenvalue weighted by molar-refractivity contribution is 5.78. The van der Waals surface area contributed by atoms with Gasteiger partial charge in [0, 0.05) is 30.6 Å². The van der Waals surface area contributed by atoms with Crippen LogP contribution in [0.1, 0.15) is 63.5 Å². The van der Waals surface area contributed by atoms with Gasteiger partial charge >= 0.3 is 0 Å². The van der Waals surface area contributed by atoms with E-state index in [9.17, 15) is 9.90 Å². The van der Waals surface area contributed by atoms with E-state index in [1.165, 1.54) is 0 Å². The van der Waals surface area contributed by atoms with Crippen LogP contribution in [-0.4, -0.2) is 48.3 Å². The van der Waals surface area contributed by atoms with E-state index in [4.69, 9.17) is 4.74 Å². The number of nitrogens with zero attached hydrogens (tertiary/aromatic N) is 1. The van der Waals surface area contributed by atoms with Crippen molar-refractivity contribution in [1.82, 2.24) is 10.2 Å². The van der Waals surface area contributed by atoms with Crippen molar-refractivity contribution < 1.29 is 14.6 Å². The second-order valence-corrected chi connectivity index (χ2v) is 8.07. The first-order valence-corrected chi connectivity index (χ1v) is 10.4. The predicted molar refractivity (Wildman–Crippen MR) is 107 cm³/mol. The molecule has 1 aromatic rings. The van der Waals surface area contributed by atoms with Crippen LogP contribution in [0, 0.1) is 5.92 Å². The standard InChI is InChI=1S/C22H34N2O3/c1-3-4-14-23-20(25)16-24-15-13-22(26)12-8-7-10-18(22)21(24)17-9-5-6-11-19(17)27-2/h5-6,9,11,18,21,26H,3-4,7-8,10,12-16H2,1-2H3,(H,23,25)/t18-,21+,22+/m0/s1. The van der Waals surface area contributed by atoms with E-state index < -0.39 is 5.60 Å². The first-order chi connectivity index (χ1) is 13.1. The molecule has 2 aliphatic rings. The lowest BCUT2D eigenvalue weighted by molar-refractivity contribution is -0.138. The highest BCUT2D eigenvalue weighted by Gasteiger charge is 2.49. The van der Waals surface area contributed by atoms with Crippen LogP contribution in [0.2, 0.25) is 0 Å². The molecule has 1 heterocycles. The van der Waals surface area contributed by atoms with E-state index >= 15 is 0 Å². The number of carbonyl (C=O) groups excluding carboxylic acids is 1. The van der Waals surface area contributed by atoms with Crippen molar-refractivity contribution >= 4 is 5.91 Å². The zero-order chi connectivity index (χ0) is 19.3. The monoisotopic (exact) mass is 374 g/mol. The number of nitrogens with one attached hydrogen (secondary N) is 1. The molecule has 5 nitrogen and oxygen atoms in total. The Morgan fingerprint density at radius 1 is 1.33 bits per heavy atom. The molecule has 5 heteroatoms. The van der Waals surface area contributed by atoms with Crippen molar-refractivity contribution in [1.29, 1.82) is 0 Å². The molecule has 1 aliphatic heterocycles. The van der Waals surface area contributed by atoms with E-state index in [-0.39, 0.29) is 17.9 Å². The number of carbonyl (C=O) groups is 1. The molecule has 0 aromatic heterocycles. The van der Waals surface area contributed by atoms with Gasteiger partial charge in [0.15, 0.2) is 0 Å². The number of hydrogen-bond donors (Lipinski definition) is 2. The average Bonchev–Trinajstić information content (AvgIpc) is 2.68. The van der Waals surface area contributed by atoms with Gasteiger partial charge in [-0.25, -0.2) is 0 Å². The van der Waals surface area contributed by atoms with E-state index in [2.05, 4.69) is 23.2 Å². The van der Waals surface area contributed by atoms with Crippen molar-refractivity contribution in [2.45, 2.75) is 63.5 Å². The third kappa shape index (κ3) is 4.46. The molecule has 0 radical (unpaired) electrons. The molecule has 2 N–H and O–H groups in total. The van der Waals surface area contributed by atoms with Crippen molar-refractivity contribution in [3.63, 3.8) is 0 Å². The Labute approximate surface area is 163 Å². The average molecular weight is 375 g/mol. The molecular formula is C22H34N2O3. The summed E-state index contributed by atoms with van der Waals surface area (Å²) in [6.07, 6.45) is 6.89. The van der Waals surface area contributed by atoms with Gasteiger partial charge in [0.25, 0.3) is 0 Å². The lowest BCUT2D eigenvalue weighted by Gasteiger charge is -2.52. The fraction of sp³-hybridized carbons (Fsp3) is 0.682. The van der Waals surface area contributed by atoms with Gasteiger partial charge < -0.3 is 15.2 Å². The molecule has 3 rings (SSSR count). The molecule has 1 amide bonds. The van der Waals surface area contributed by atoms with E-state index in [0.717, 1.165) is 69.3 Å². The van der Waals surface area contributed by atoms with E-state index in [1.807, 2.05) is 18.2 Å². The van der Waals surface area contributed by atoms with Crippen LogP contribution in [0.4, 0.5) is 0 Å². The summed E-state index contributed by atoms with van der Waals surface area (Å²) in [5, 5.41) is 14.4. The van der Waals surface area contributed by atoms with Crippen LogP contribution >= 0.6 is 0 Å². The predicted octanol–water partition coefficient (Wildman–Crippen LogP) is 3.28. The molecular weight excluding hydrogens is 340 g/mol. The van der Waals surface area contributed by atoms with Crippen LogP contribution in [-0.2, 0) is 4.79 Å². The Kier molecular flexibility index (Phi) is 6.77. The zero-order valence-corrected chi connectivity index (χ0v) is 16.7. The molecule has 150 valence electrons. The maximum absolute atomic E-state index is 12.5. The summed E-state index contributed by atoms with van der Waals surface area (Å²) in [4.78, 5) is 14.8. The SMILES string of the molecule is CCCCNC(=O)CN1CC[C@]2(O)CCCC[C@H]2[C@H]1c1ccccc1OC. The summed E-state index contributed by atoms with van der Waals surface area (Å²) in [5.41, 5.74) is 0.463. The largest absolute Gasteiger partial charge is 0.496 e. The minimum absolute atomic E-state index is 0.0112. The quantitative estimate of drug-likeness (QED) is 0.719. The number of benzene rings is 1. The molecule has 1 saturated heterocycles. The Balaban J connectivity index is 1.86. The zero-order valence-electron chi connectivity index (χ0n) is 16.7. The number of rotatable bonds is 7. The molecule has 0 spiro atoms. The lowest BCUT2D eigenvalue weighted by atomic mass is 9.66. The number of amides is 1. The number of fused-ring (bicyclic) bond motifs is 1. The fourth-order valence-electron chi connectivity index (χ4n) is 4.89. The van der Waals surface area contributed by atoms with Gasteiger partial charge in [-0.15, -0.1) is 0 Å². The van der Waals surface area contributed by atoms with Crippen molar-refractivity contribution in [2.75, 3.05) is 26.7 Å². The maximum Gasteiger partial charge on any atom is 0.234 e. The number of ether oxygens (including phenoxy) is 1. The number of piperidine rings is 1. The number of unbranched alkanes of at least 4 members (excludes halogenated alkanes) is 1. The van der Waals surface area contributed by atoms with Gasteiger partial charge in [0.2, 0.25) is 5.91 Å². The summed E-state index contributed by atoms with van der Waals surface area (Å²) >= 11 is 0. The molecule has 1 aliphatic carbocycles. The van der Waals surface area contributed by atoms with Gasteiger partial charge in [0.1, 0.15) is 5.75 Å². The fourth-order valence-corrected chi connectivity index (χ4v) is 4.89. The molecule has 3 atom stereocenters. The van der Waals surface area contributed by atoms with Gasteiger partial charge in [-0.1, -0.05) is 44.4 Å². The van der Waals surface area contributed by atoms with Crippen LogP contribution in [0.5, 0.6) is 5.75 Å². The second-order valence-electron chi connectivity index (χ2n) is 8.07. The Morgan fingerprint density at radius 2 is 2.15 bits per heavy atom. The topological polar surface area (TPSA) is 61.8 Å². The van der Waals surface area contributed by atoms with Crippen molar-refractivity contribution in [2.24, 2.45) is 5.92 Å². The van der Waals surface area contributed by atoms with Crippen LogP contribution in [0.25, 0.3) is 0 Å². The van der Waals surface area contributed by atoms with Crippen LogP contribution in [0.3, 0.4) is 0 Å². The maximum atomic E-state index is 12.5. The summed E-state index contributed by atoms with van der Waals surface area (Å²) in [7, 11) is 1.69. The Morgan fingerprint density at radius 3 is 2.93 bits per heavy atom. The molecule has 2 fully saturated rings. The van der Waals surface area contributed by atoms with Crippen LogP contribution < -0.4 is 10.1 Å². The number of likely N-dealkylation sites (tertiary alicyclic amines) is 1.